The molecule has 1 atom stereocenters. The number of carbonyl (C=O) groups is 1. The maximum absolute atomic E-state index is 12.5. The summed E-state index contributed by atoms with van der Waals surface area (Å²) >= 11 is 0. The van der Waals surface area contributed by atoms with E-state index in [9.17, 15) is 26.4 Å². The van der Waals surface area contributed by atoms with E-state index < -0.39 is 27.5 Å². The van der Waals surface area contributed by atoms with Crippen molar-refractivity contribution in [1.82, 2.24) is 16.0 Å². The van der Waals surface area contributed by atoms with Gasteiger partial charge in [0.05, 0.1) is 17.9 Å². The van der Waals surface area contributed by atoms with Crippen molar-refractivity contribution < 1.29 is 26.4 Å². The Kier molecular flexibility index (Phi) is 9.41. The van der Waals surface area contributed by atoms with Gasteiger partial charge < -0.3 is 16.0 Å². The van der Waals surface area contributed by atoms with Crippen molar-refractivity contribution in [3.05, 3.63) is 35.4 Å². The van der Waals surface area contributed by atoms with Gasteiger partial charge in [0.25, 0.3) is 5.91 Å². The van der Waals surface area contributed by atoms with Crippen LogP contribution in [0.25, 0.3) is 0 Å². The SMILES string of the molecule is CCNC(=NCCNC(=O)c1ccc(C(F)(F)F)cc1)NC(C)CCS(C)(=O)=O. The molecule has 0 aliphatic carbocycles. The van der Waals surface area contributed by atoms with Gasteiger partial charge in [0.1, 0.15) is 9.84 Å². The number of guanidine groups is 1. The van der Waals surface area contributed by atoms with Crippen LogP contribution in [0.15, 0.2) is 29.3 Å². The van der Waals surface area contributed by atoms with Crippen LogP contribution in [0.3, 0.4) is 0 Å². The number of nitrogens with one attached hydrogen (secondary N) is 3. The summed E-state index contributed by atoms with van der Waals surface area (Å²) in [5, 5.41) is 8.70. The summed E-state index contributed by atoms with van der Waals surface area (Å²) in [6.45, 7) is 4.74. The number of halogens is 3. The normalized spacial score (nSPS) is 13.7. The van der Waals surface area contributed by atoms with Crippen LogP contribution in [0.5, 0.6) is 0 Å². The van der Waals surface area contributed by atoms with Gasteiger partial charge in [-0.1, -0.05) is 0 Å². The molecule has 0 fully saturated rings. The fraction of sp³-hybridized carbons (Fsp3) is 0.556. The van der Waals surface area contributed by atoms with Crippen LogP contribution in [0.4, 0.5) is 13.2 Å². The molecular formula is C18H27F3N4O3S. The molecular weight excluding hydrogens is 409 g/mol. The number of rotatable bonds is 9. The van der Waals surface area contributed by atoms with Crippen LogP contribution in [-0.4, -0.2) is 58.0 Å². The summed E-state index contributed by atoms with van der Waals surface area (Å²) in [6.07, 6.45) is -2.84. The fourth-order valence-corrected chi connectivity index (χ4v) is 3.05. The molecule has 7 nitrogen and oxygen atoms in total. The number of benzene rings is 1. The first kappa shape index (κ1) is 24.7. The average Bonchev–Trinajstić information content (AvgIpc) is 2.62. The molecule has 0 saturated heterocycles. The highest BCUT2D eigenvalue weighted by atomic mass is 32.2. The Balaban J connectivity index is 2.52. The third-order valence-corrected chi connectivity index (χ3v) is 4.77. The minimum absolute atomic E-state index is 0.0593. The largest absolute Gasteiger partial charge is 0.416 e. The molecule has 1 rings (SSSR count). The number of amides is 1. The van der Waals surface area contributed by atoms with Crippen molar-refractivity contribution >= 4 is 21.7 Å². The van der Waals surface area contributed by atoms with Crippen LogP contribution < -0.4 is 16.0 Å². The highest BCUT2D eigenvalue weighted by Crippen LogP contribution is 2.29. The lowest BCUT2D eigenvalue weighted by Crippen LogP contribution is -2.43. The van der Waals surface area contributed by atoms with Gasteiger partial charge in [-0.3, -0.25) is 9.79 Å². The van der Waals surface area contributed by atoms with Crippen molar-refractivity contribution in [3.63, 3.8) is 0 Å². The van der Waals surface area contributed by atoms with Gasteiger partial charge in [0, 0.05) is 31.0 Å². The first-order valence-electron chi connectivity index (χ1n) is 9.10. The first-order chi connectivity index (χ1) is 13.4. The molecule has 1 amide bonds. The lowest BCUT2D eigenvalue weighted by atomic mass is 10.1. The lowest BCUT2D eigenvalue weighted by Gasteiger charge is -2.17. The Labute approximate surface area is 169 Å². The van der Waals surface area contributed by atoms with E-state index >= 15 is 0 Å². The van der Waals surface area contributed by atoms with Gasteiger partial charge in [-0.25, -0.2) is 8.42 Å². The average molecular weight is 437 g/mol. The molecule has 0 spiro atoms. The second-order valence-electron chi connectivity index (χ2n) is 6.56. The van der Waals surface area contributed by atoms with Crippen LogP contribution in [0, 0.1) is 0 Å². The maximum atomic E-state index is 12.5. The van der Waals surface area contributed by atoms with Crippen molar-refractivity contribution in [3.8, 4) is 0 Å². The van der Waals surface area contributed by atoms with Crippen molar-refractivity contribution in [2.45, 2.75) is 32.5 Å². The van der Waals surface area contributed by atoms with Gasteiger partial charge in [0.2, 0.25) is 0 Å². The lowest BCUT2D eigenvalue weighted by molar-refractivity contribution is -0.137. The van der Waals surface area contributed by atoms with E-state index in [1.807, 2.05) is 13.8 Å². The molecule has 0 heterocycles. The van der Waals surface area contributed by atoms with Gasteiger partial charge in [-0.15, -0.1) is 0 Å². The molecule has 0 aromatic heterocycles. The number of carbonyl (C=O) groups excluding carboxylic acids is 1. The van der Waals surface area contributed by atoms with Crippen LogP contribution in [-0.2, 0) is 16.0 Å². The first-order valence-corrected chi connectivity index (χ1v) is 11.2. The number of sulfone groups is 1. The smallest absolute Gasteiger partial charge is 0.357 e. The quantitative estimate of drug-likeness (QED) is 0.312. The molecule has 11 heteroatoms. The highest BCUT2D eigenvalue weighted by Gasteiger charge is 2.30. The molecule has 0 bridgehead atoms. The molecule has 1 unspecified atom stereocenters. The maximum Gasteiger partial charge on any atom is 0.416 e. The van der Waals surface area contributed by atoms with Crippen LogP contribution >= 0.6 is 0 Å². The Morgan fingerprint density at radius 3 is 2.31 bits per heavy atom. The van der Waals surface area contributed by atoms with Gasteiger partial charge in [0.15, 0.2) is 5.96 Å². The second kappa shape index (κ2) is 11.0. The molecule has 3 N–H and O–H groups in total. The molecule has 0 aliphatic heterocycles. The Morgan fingerprint density at radius 2 is 1.79 bits per heavy atom. The van der Waals surface area contributed by atoms with Gasteiger partial charge >= 0.3 is 6.18 Å². The van der Waals surface area contributed by atoms with Crippen LogP contribution in [0.2, 0.25) is 0 Å². The van der Waals surface area contributed by atoms with E-state index in [-0.39, 0.29) is 30.4 Å². The van der Waals surface area contributed by atoms with Crippen molar-refractivity contribution in [2.24, 2.45) is 4.99 Å². The minimum Gasteiger partial charge on any atom is -0.357 e. The molecule has 0 aliphatic rings. The van der Waals surface area contributed by atoms with E-state index in [2.05, 4.69) is 20.9 Å². The molecule has 164 valence electrons. The molecule has 1 aromatic rings. The Bertz CT molecular complexity index is 794. The summed E-state index contributed by atoms with van der Waals surface area (Å²) < 4.78 is 60.1. The standard InChI is InChI=1S/C18H27F3N4O3S/c1-4-22-17(25-13(2)9-12-29(3,27)28)24-11-10-23-16(26)14-5-7-15(8-6-14)18(19,20)21/h5-8,13H,4,9-12H2,1-3H3,(H,23,26)(H2,22,24,25). The van der Waals surface area contributed by atoms with Crippen LogP contribution in [0.1, 0.15) is 36.2 Å². The predicted molar refractivity (Wildman–Crippen MR) is 107 cm³/mol. The van der Waals surface area contributed by atoms with E-state index in [0.717, 1.165) is 24.3 Å². The highest BCUT2D eigenvalue weighted by molar-refractivity contribution is 7.90. The summed E-state index contributed by atoms with van der Waals surface area (Å²) in [4.78, 5) is 16.3. The molecule has 0 radical (unpaired) electrons. The van der Waals surface area contributed by atoms with E-state index in [1.165, 1.54) is 6.26 Å². The number of aliphatic imine (C=N–C) groups is 1. The zero-order valence-corrected chi connectivity index (χ0v) is 17.5. The number of hydrogen-bond donors (Lipinski definition) is 3. The van der Waals surface area contributed by atoms with Gasteiger partial charge in [-0.05, 0) is 44.5 Å². The summed E-state index contributed by atoms with van der Waals surface area (Å²) in [7, 11) is -3.05. The molecule has 1 aromatic carbocycles. The third kappa shape index (κ3) is 10.2. The summed E-state index contributed by atoms with van der Waals surface area (Å²) in [5.41, 5.74) is -0.689. The Hall–Kier alpha value is -2.30. The fourth-order valence-electron chi connectivity index (χ4n) is 2.27. The third-order valence-electron chi connectivity index (χ3n) is 3.79. The second-order valence-corrected chi connectivity index (χ2v) is 8.82. The monoisotopic (exact) mass is 436 g/mol. The molecule has 0 saturated carbocycles. The van der Waals surface area contributed by atoms with Crippen molar-refractivity contribution in [1.29, 1.82) is 0 Å². The minimum atomic E-state index is -4.45. The predicted octanol–water partition coefficient (Wildman–Crippen LogP) is 1.81. The van der Waals surface area contributed by atoms with E-state index in [1.54, 1.807) is 0 Å². The number of alkyl halides is 3. The topological polar surface area (TPSA) is 99.7 Å². The zero-order chi connectivity index (χ0) is 22.1. The summed E-state index contributed by atoms with van der Waals surface area (Å²) in [6, 6.07) is 3.84. The van der Waals surface area contributed by atoms with E-state index in [0.29, 0.717) is 18.9 Å². The van der Waals surface area contributed by atoms with Crippen molar-refractivity contribution in [2.75, 3.05) is 31.6 Å². The summed E-state index contributed by atoms with van der Waals surface area (Å²) in [5.74, 6) is 0.0507. The number of hydrogen-bond acceptors (Lipinski definition) is 4. The molecule has 29 heavy (non-hydrogen) atoms. The number of nitrogens with zero attached hydrogens (tertiary/aromatic N) is 1. The Morgan fingerprint density at radius 1 is 1.17 bits per heavy atom. The van der Waals surface area contributed by atoms with E-state index in [4.69, 9.17) is 0 Å². The zero-order valence-electron chi connectivity index (χ0n) is 16.6. The van der Waals surface area contributed by atoms with Gasteiger partial charge in [-0.2, -0.15) is 13.2 Å².